The van der Waals surface area contributed by atoms with Crippen LogP contribution < -0.4 is 5.32 Å². The Kier molecular flexibility index (Phi) is 4.72. The quantitative estimate of drug-likeness (QED) is 0.893. The zero-order valence-corrected chi connectivity index (χ0v) is 9.73. The van der Waals surface area contributed by atoms with Gasteiger partial charge in [-0.05, 0) is 30.2 Å². The van der Waals surface area contributed by atoms with E-state index < -0.39 is 6.09 Å². The molecule has 0 spiro atoms. The molecule has 0 saturated carbocycles. The highest BCUT2D eigenvalue weighted by atomic mass is 35.5. The lowest BCUT2D eigenvalue weighted by atomic mass is 10.1. The SMILES string of the molecule is COC(=O)NCCc1cc(Cl)ccc1Cl. The first-order valence-corrected chi connectivity index (χ1v) is 5.15. The van der Waals surface area contributed by atoms with Gasteiger partial charge < -0.3 is 10.1 Å². The fourth-order valence-corrected chi connectivity index (χ4v) is 1.51. The van der Waals surface area contributed by atoms with Crippen molar-refractivity contribution in [2.45, 2.75) is 6.42 Å². The number of amides is 1. The van der Waals surface area contributed by atoms with Gasteiger partial charge in [0.15, 0.2) is 0 Å². The Labute approximate surface area is 98.3 Å². The maximum atomic E-state index is 10.8. The summed E-state index contributed by atoms with van der Waals surface area (Å²) in [6.45, 7) is 0.465. The molecule has 1 aromatic carbocycles. The monoisotopic (exact) mass is 247 g/mol. The van der Waals surface area contributed by atoms with Gasteiger partial charge in [0.2, 0.25) is 0 Å². The molecule has 0 aliphatic carbocycles. The number of benzene rings is 1. The van der Waals surface area contributed by atoms with E-state index >= 15 is 0 Å². The number of nitrogens with one attached hydrogen (secondary N) is 1. The lowest BCUT2D eigenvalue weighted by molar-refractivity contribution is 0.171. The Morgan fingerprint density at radius 1 is 1.47 bits per heavy atom. The molecule has 0 saturated heterocycles. The van der Waals surface area contributed by atoms with Crippen molar-refractivity contribution in [2.75, 3.05) is 13.7 Å². The Bertz CT molecular complexity index is 355. The van der Waals surface area contributed by atoms with Crippen LogP contribution in [0.3, 0.4) is 0 Å². The second-order valence-corrected chi connectivity index (χ2v) is 3.75. The molecule has 3 nitrogen and oxygen atoms in total. The van der Waals surface area contributed by atoms with Crippen LogP contribution >= 0.6 is 23.2 Å². The molecule has 0 aromatic heterocycles. The largest absolute Gasteiger partial charge is 0.453 e. The molecule has 5 heteroatoms. The zero-order valence-electron chi connectivity index (χ0n) is 8.22. The summed E-state index contributed by atoms with van der Waals surface area (Å²) in [7, 11) is 1.32. The third kappa shape index (κ3) is 3.98. The predicted octanol–water partition coefficient (Wildman–Crippen LogP) is 2.89. The molecule has 0 bridgehead atoms. The van der Waals surface area contributed by atoms with Crippen LogP contribution in [0.4, 0.5) is 4.79 Å². The molecule has 0 atom stereocenters. The molecule has 1 aromatic rings. The van der Waals surface area contributed by atoms with E-state index in [4.69, 9.17) is 23.2 Å². The van der Waals surface area contributed by atoms with Crippen molar-refractivity contribution in [2.24, 2.45) is 0 Å². The van der Waals surface area contributed by atoms with Crippen molar-refractivity contribution in [1.82, 2.24) is 5.32 Å². The van der Waals surface area contributed by atoms with Crippen LogP contribution in [0.2, 0.25) is 10.0 Å². The van der Waals surface area contributed by atoms with Gasteiger partial charge >= 0.3 is 6.09 Å². The topological polar surface area (TPSA) is 38.3 Å². The fraction of sp³-hybridized carbons (Fsp3) is 0.300. The Balaban J connectivity index is 2.50. The summed E-state index contributed by atoms with van der Waals surface area (Å²) in [6, 6.07) is 5.24. The van der Waals surface area contributed by atoms with E-state index in [0.29, 0.717) is 23.0 Å². The van der Waals surface area contributed by atoms with Crippen LogP contribution in [0.5, 0.6) is 0 Å². The highest BCUT2D eigenvalue weighted by Crippen LogP contribution is 2.20. The molecule has 15 heavy (non-hydrogen) atoms. The molecular formula is C10H11Cl2NO2. The molecule has 0 unspecified atom stereocenters. The van der Waals surface area contributed by atoms with Gasteiger partial charge in [-0.25, -0.2) is 4.79 Å². The molecule has 0 fully saturated rings. The molecule has 1 amide bonds. The Hall–Kier alpha value is -0.930. The minimum absolute atomic E-state index is 0.451. The van der Waals surface area contributed by atoms with Crippen LogP contribution in [0.1, 0.15) is 5.56 Å². The number of alkyl carbamates (subject to hydrolysis) is 1. The van der Waals surface area contributed by atoms with E-state index in [1.165, 1.54) is 7.11 Å². The zero-order chi connectivity index (χ0) is 11.3. The van der Waals surface area contributed by atoms with Crippen LogP contribution in [0.25, 0.3) is 0 Å². The van der Waals surface area contributed by atoms with Gasteiger partial charge in [-0.2, -0.15) is 0 Å². The molecule has 1 N–H and O–H groups in total. The molecular weight excluding hydrogens is 237 g/mol. The molecule has 0 heterocycles. The Morgan fingerprint density at radius 3 is 2.87 bits per heavy atom. The first-order chi connectivity index (χ1) is 7.13. The number of ether oxygens (including phenoxy) is 1. The number of halogens is 2. The van der Waals surface area contributed by atoms with Crippen molar-refractivity contribution in [1.29, 1.82) is 0 Å². The lowest BCUT2D eigenvalue weighted by Gasteiger charge is -2.05. The van der Waals surface area contributed by atoms with Crippen molar-refractivity contribution in [3.05, 3.63) is 33.8 Å². The minimum atomic E-state index is -0.451. The van der Waals surface area contributed by atoms with Gasteiger partial charge in [0.1, 0.15) is 0 Å². The van der Waals surface area contributed by atoms with Crippen molar-refractivity contribution in [3.8, 4) is 0 Å². The smallest absolute Gasteiger partial charge is 0.406 e. The van der Waals surface area contributed by atoms with E-state index in [0.717, 1.165) is 5.56 Å². The van der Waals surface area contributed by atoms with E-state index in [1.807, 2.05) is 0 Å². The van der Waals surface area contributed by atoms with E-state index in [-0.39, 0.29) is 0 Å². The second kappa shape index (κ2) is 5.83. The number of hydrogen-bond acceptors (Lipinski definition) is 2. The fourth-order valence-electron chi connectivity index (χ4n) is 1.11. The number of methoxy groups -OCH3 is 1. The Morgan fingerprint density at radius 2 is 2.20 bits per heavy atom. The third-order valence-corrected chi connectivity index (χ3v) is 2.46. The summed E-state index contributed by atoms with van der Waals surface area (Å²) < 4.78 is 4.43. The molecule has 0 aliphatic rings. The number of hydrogen-bond donors (Lipinski definition) is 1. The lowest BCUT2D eigenvalue weighted by Crippen LogP contribution is -2.25. The molecule has 0 aliphatic heterocycles. The first kappa shape index (κ1) is 12.1. The van der Waals surface area contributed by atoms with E-state index in [1.54, 1.807) is 18.2 Å². The molecule has 82 valence electrons. The number of carbonyl (C=O) groups excluding carboxylic acids is 1. The maximum Gasteiger partial charge on any atom is 0.406 e. The normalized spacial score (nSPS) is 9.80. The minimum Gasteiger partial charge on any atom is -0.453 e. The van der Waals surface area contributed by atoms with Crippen molar-refractivity contribution in [3.63, 3.8) is 0 Å². The van der Waals surface area contributed by atoms with Crippen molar-refractivity contribution >= 4 is 29.3 Å². The van der Waals surface area contributed by atoms with Crippen molar-refractivity contribution < 1.29 is 9.53 Å². The summed E-state index contributed by atoms with van der Waals surface area (Å²) in [4.78, 5) is 10.8. The standard InChI is InChI=1S/C10H11Cl2NO2/c1-15-10(14)13-5-4-7-6-8(11)2-3-9(7)12/h2-3,6H,4-5H2,1H3,(H,13,14). The maximum absolute atomic E-state index is 10.8. The van der Waals surface area contributed by atoms with Crippen LogP contribution in [0.15, 0.2) is 18.2 Å². The van der Waals surface area contributed by atoms with Gasteiger partial charge in [-0.15, -0.1) is 0 Å². The highest BCUT2D eigenvalue weighted by molar-refractivity contribution is 6.33. The summed E-state index contributed by atoms with van der Waals surface area (Å²) >= 11 is 11.8. The number of rotatable bonds is 3. The van der Waals surface area contributed by atoms with E-state index in [9.17, 15) is 4.79 Å². The summed E-state index contributed by atoms with van der Waals surface area (Å²) in [6.07, 6.45) is 0.169. The van der Waals surface area contributed by atoms with Gasteiger partial charge in [-0.3, -0.25) is 0 Å². The third-order valence-electron chi connectivity index (χ3n) is 1.86. The molecule has 0 radical (unpaired) electrons. The first-order valence-electron chi connectivity index (χ1n) is 4.39. The average molecular weight is 248 g/mol. The van der Waals surface area contributed by atoms with Gasteiger partial charge in [0.25, 0.3) is 0 Å². The predicted molar refractivity (Wildman–Crippen MR) is 60.6 cm³/mol. The average Bonchev–Trinajstić information content (AvgIpc) is 2.23. The summed E-state index contributed by atoms with van der Waals surface area (Å²) in [5.74, 6) is 0. The summed E-state index contributed by atoms with van der Waals surface area (Å²) in [5, 5.41) is 3.84. The highest BCUT2D eigenvalue weighted by Gasteiger charge is 2.02. The van der Waals surface area contributed by atoms with Crippen LogP contribution in [-0.4, -0.2) is 19.7 Å². The number of carbonyl (C=O) groups is 1. The van der Waals surface area contributed by atoms with Crippen LogP contribution in [0, 0.1) is 0 Å². The summed E-state index contributed by atoms with van der Waals surface area (Å²) in [5.41, 5.74) is 0.903. The van der Waals surface area contributed by atoms with E-state index in [2.05, 4.69) is 10.1 Å². The second-order valence-electron chi connectivity index (χ2n) is 2.90. The van der Waals surface area contributed by atoms with Crippen LogP contribution in [-0.2, 0) is 11.2 Å². The van der Waals surface area contributed by atoms with Gasteiger partial charge in [0, 0.05) is 16.6 Å². The van der Waals surface area contributed by atoms with Gasteiger partial charge in [0.05, 0.1) is 7.11 Å². The van der Waals surface area contributed by atoms with Gasteiger partial charge in [-0.1, -0.05) is 23.2 Å². The molecule has 1 rings (SSSR count).